The Bertz CT molecular complexity index is 1440. The van der Waals surface area contributed by atoms with Crippen LogP contribution in [0.15, 0.2) is 72.8 Å². The number of fused-ring (bicyclic) bond motifs is 2. The third-order valence-corrected chi connectivity index (χ3v) is 8.93. The van der Waals surface area contributed by atoms with Crippen molar-refractivity contribution < 1.29 is 24.2 Å². The number of hydrogen-bond acceptors (Lipinski definition) is 5. The van der Waals surface area contributed by atoms with Crippen LogP contribution in [-0.4, -0.2) is 64.7 Å². The van der Waals surface area contributed by atoms with Crippen molar-refractivity contribution >= 4 is 34.2 Å². The van der Waals surface area contributed by atoms with E-state index < -0.39 is 35.1 Å². The molecule has 0 aromatic heterocycles. The first kappa shape index (κ1) is 25.5. The van der Waals surface area contributed by atoms with Gasteiger partial charge in [0.1, 0.15) is 11.6 Å². The average molecular weight is 528 g/mol. The van der Waals surface area contributed by atoms with Gasteiger partial charge >= 0.3 is 0 Å². The first-order chi connectivity index (χ1) is 18.8. The number of aliphatic hydroxyl groups excluding tert-OH is 1. The third kappa shape index (κ3) is 3.93. The van der Waals surface area contributed by atoms with Crippen LogP contribution in [0.1, 0.15) is 25.3 Å². The topological polar surface area (TPSA) is 108 Å². The average Bonchev–Trinajstić information content (AvgIpc) is 3.52. The summed E-state index contributed by atoms with van der Waals surface area (Å²) in [6, 6.07) is 21.5. The van der Waals surface area contributed by atoms with Gasteiger partial charge in [-0.3, -0.25) is 14.4 Å². The fourth-order valence-corrected chi connectivity index (χ4v) is 7.23. The standard InChI is InChI=1S/C31H33N3O5/c1-30-14-15-31(39-30)25(24(30)27(36)32-2)29(38)34(23(18-35)16-19-8-4-3-5-9-19)26(31)28(37)33-22-13-12-20-10-6-7-11-21(20)17-22/h3-13,17,23-26,35H,14-16,18H2,1-2H3,(H,32,36)(H,33,37)/t23-,24+,25+,26?,30-,31?/m1/s1. The number of carbonyl (C=O) groups excluding carboxylic acids is 3. The SMILES string of the molecule is CNC(=O)[C@@H]1[C@H]2C(=O)N([C@@H](CO)Cc3ccccc3)C(C(=O)Nc3ccc4ccccc4c3)C23CC[C@@]1(C)O3. The van der Waals surface area contributed by atoms with Gasteiger partial charge in [-0.1, -0.05) is 60.7 Å². The summed E-state index contributed by atoms with van der Waals surface area (Å²) in [4.78, 5) is 43.1. The lowest BCUT2D eigenvalue weighted by Crippen LogP contribution is -2.57. The molecule has 1 spiro atoms. The van der Waals surface area contributed by atoms with Crippen molar-refractivity contribution in [3.05, 3.63) is 78.4 Å². The first-order valence-electron chi connectivity index (χ1n) is 13.5. The maximum absolute atomic E-state index is 14.3. The first-order valence-corrected chi connectivity index (χ1v) is 13.5. The van der Waals surface area contributed by atoms with E-state index in [9.17, 15) is 19.5 Å². The van der Waals surface area contributed by atoms with Gasteiger partial charge in [0.05, 0.1) is 30.1 Å². The molecule has 39 heavy (non-hydrogen) atoms. The molecule has 3 N–H and O–H groups in total. The van der Waals surface area contributed by atoms with Gasteiger partial charge in [-0.15, -0.1) is 0 Å². The Morgan fingerprint density at radius 3 is 2.46 bits per heavy atom. The highest BCUT2D eigenvalue weighted by Gasteiger charge is 2.78. The molecule has 0 aliphatic carbocycles. The van der Waals surface area contributed by atoms with Crippen LogP contribution in [0.4, 0.5) is 5.69 Å². The normalized spacial score (nSPS) is 29.9. The molecule has 3 heterocycles. The lowest BCUT2D eigenvalue weighted by Gasteiger charge is -2.37. The maximum Gasteiger partial charge on any atom is 0.250 e. The maximum atomic E-state index is 14.3. The number of likely N-dealkylation sites (tertiary alicyclic amines) is 1. The van der Waals surface area contributed by atoms with Crippen LogP contribution < -0.4 is 10.6 Å². The molecule has 3 fully saturated rings. The number of ether oxygens (including phenoxy) is 1. The largest absolute Gasteiger partial charge is 0.394 e. The van der Waals surface area contributed by atoms with Gasteiger partial charge in [0.2, 0.25) is 17.7 Å². The summed E-state index contributed by atoms with van der Waals surface area (Å²) in [6.07, 6.45) is 1.40. The second-order valence-corrected chi connectivity index (χ2v) is 11.2. The zero-order chi connectivity index (χ0) is 27.4. The molecule has 6 atom stereocenters. The molecule has 6 rings (SSSR count). The molecule has 3 amide bonds. The van der Waals surface area contributed by atoms with Crippen LogP contribution in [0.5, 0.6) is 0 Å². The highest BCUT2D eigenvalue weighted by atomic mass is 16.5. The summed E-state index contributed by atoms with van der Waals surface area (Å²) < 4.78 is 6.63. The van der Waals surface area contributed by atoms with Gasteiger partial charge in [0, 0.05) is 12.7 Å². The highest BCUT2D eigenvalue weighted by Crippen LogP contribution is 2.63. The van der Waals surface area contributed by atoms with Crippen molar-refractivity contribution in [2.24, 2.45) is 11.8 Å². The quantitative estimate of drug-likeness (QED) is 0.438. The molecule has 202 valence electrons. The number of aliphatic hydroxyl groups is 1. The van der Waals surface area contributed by atoms with E-state index in [2.05, 4.69) is 10.6 Å². The summed E-state index contributed by atoms with van der Waals surface area (Å²) in [5.41, 5.74) is -0.459. The monoisotopic (exact) mass is 527 g/mol. The van der Waals surface area contributed by atoms with Gasteiger partial charge in [-0.2, -0.15) is 0 Å². The second kappa shape index (κ2) is 9.47. The Labute approximate surface area is 227 Å². The molecule has 2 bridgehead atoms. The molecule has 0 saturated carbocycles. The molecule has 8 nitrogen and oxygen atoms in total. The smallest absolute Gasteiger partial charge is 0.250 e. The van der Waals surface area contributed by atoms with Crippen molar-refractivity contribution in [1.29, 1.82) is 0 Å². The molecule has 3 saturated heterocycles. The van der Waals surface area contributed by atoms with E-state index in [0.29, 0.717) is 24.9 Å². The Morgan fingerprint density at radius 1 is 1.03 bits per heavy atom. The van der Waals surface area contributed by atoms with E-state index >= 15 is 0 Å². The molecule has 3 aromatic carbocycles. The molecular formula is C31H33N3O5. The number of hydrogen-bond donors (Lipinski definition) is 3. The van der Waals surface area contributed by atoms with E-state index in [-0.39, 0.29) is 24.3 Å². The number of nitrogens with zero attached hydrogens (tertiary/aromatic N) is 1. The summed E-state index contributed by atoms with van der Waals surface area (Å²) in [7, 11) is 1.55. The fraction of sp³-hybridized carbons (Fsp3) is 0.387. The van der Waals surface area contributed by atoms with Crippen LogP contribution in [0.3, 0.4) is 0 Å². The van der Waals surface area contributed by atoms with Gasteiger partial charge in [0.15, 0.2) is 0 Å². The predicted octanol–water partition coefficient (Wildman–Crippen LogP) is 2.89. The summed E-state index contributed by atoms with van der Waals surface area (Å²) in [5, 5.41) is 18.3. The van der Waals surface area contributed by atoms with Crippen LogP contribution >= 0.6 is 0 Å². The molecule has 3 aliphatic rings. The molecule has 3 aromatic rings. The number of nitrogens with one attached hydrogen (secondary N) is 2. The van der Waals surface area contributed by atoms with Gasteiger partial charge < -0.3 is 25.4 Å². The van der Waals surface area contributed by atoms with Crippen LogP contribution in [0.25, 0.3) is 10.8 Å². The fourth-order valence-electron chi connectivity index (χ4n) is 7.23. The minimum absolute atomic E-state index is 0.267. The van der Waals surface area contributed by atoms with Gasteiger partial charge in [-0.25, -0.2) is 0 Å². The van der Waals surface area contributed by atoms with Crippen molar-refractivity contribution in [2.75, 3.05) is 19.0 Å². The summed E-state index contributed by atoms with van der Waals surface area (Å²) >= 11 is 0. The van der Waals surface area contributed by atoms with E-state index in [1.54, 1.807) is 7.05 Å². The van der Waals surface area contributed by atoms with Crippen LogP contribution in [0.2, 0.25) is 0 Å². The Hall–Kier alpha value is -3.75. The summed E-state index contributed by atoms with van der Waals surface area (Å²) in [6.45, 7) is 1.54. The molecule has 2 unspecified atom stereocenters. The predicted molar refractivity (Wildman–Crippen MR) is 147 cm³/mol. The van der Waals surface area contributed by atoms with E-state index in [1.165, 1.54) is 4.90 Å². The molecule has 3 aliphatic heterocycles. The van der Waals surface area contributed by atoms with Crippen molar-refractivity contribution in [3.63, 3.8) is 0 Å². The Balaban J connectivity index is 1.41. The third-order valence-electron chi connectivity index (χ3n) is 8.93. The molecule has 8 heteroatoms. The number of carbonyl (C=O) groups is 3. The van der Waals surface area contributed by atoms with Gasteiger partial charge in [-0.05, 0) is 54.7 Å². The molecular weight excluding hydrogens is 494 g/mol. The zero-order valence-corrected chi connectivity index (χ0v) is 22.1. The van der Waals surface area contributed by atoms with E-state index in [4.69, 9.17) is 4.74 Å². The van der Waals surface area contributed by atoms with Crippen molar-refractivity contribution in [1.82, 2.24) is 10.2 Å². The van der Waals surface area contributed by atoms with E-state index in [1.807, 2.05) is 79.7 Å². The second-order valence-electron chi connectivity index (χ2n) is 11.2. The van der Waals surface area contributed by atoms with Crippen LogP contribution in [0, 0.1) is 11.8 Å². The summed E-state index contributed by atoms with van der Waals surface area (Å²) in [5.74, 6) is -2.50. The minimum Gasteiger partial charge on any atom is -0.394 e. The van der Waals surface area contributed by atoms with Gasteiger partial charge in [0.25, 0.3) is 0 Å². The molecule has 0 radical (unpaired) electrons. The lowest BCUT2D eigenvalue weighted by atomic mass is 9.66. The minimum atomic E-state index is -1.16. The number of anilines is 1. The highest BCUT2D eigenvalue weighted by molar-refractivity contribution is 6.04. The number of benzene rings is 3. The van der Waals surface area contributed by atoms with Crippen molar-refractivity contribution in [2.45, 2.75) is 49.5 Å². The van der Waals surface area contributed by atoms with E-state index in [0.717, 1.165) is 16.3 Å². The van der Waals surface area contributed by atoms with Crippen molar-refractivity contribution in [3.8, 4) is 0 Å². The zero-order valence-electron chi connectivity index (χ0n) is 22.1. The lowest BCUT2D eigenvalue weighted by molar-refractivity contribution is -0.147. The Morgan fingerprint density at radius 2 is 1.74 bits per heavy atom. The van der Waals surface area contributed by atoms with Crippen LogP contribution in [-0.2, 0) is 25.5 Å². The number of rotatable bonds is 7. The number of amides is 3. The Kier molecular flexibility index (Phi) is 6.19.